The lowest BCUT2D eigenvalue weighted by atomic mass is 10.1. The Hall–Kier alpha value is -2.33. The third-order valence-electron chi connectivity index (χ3n) is 4.30. The van der Waals surface area contributed by atoms with Crippen molar-refractivity contribution in [2.75, 3.05) is 33.4 Å². The van der Waals surface area contributed by atoms with Crippen LogP contribution in [0.25, 0.3) is 0 Å². The Balaban J connectivity index is 1.82. The molecule has 7 heteroatoms. The summed E-state index contributed by atoms with van der Waals surface area (Å²) in [4.78, 5) is 6.69. The van der Waals surface area contributed by atoms with Crippen molar-refractivity contribution in [2.45, 2.75) is 32.6 Å². The van der Waals surface area contributed by atoms with Gasteiger partial charge in [0.25, 0.3) is 0 Å². The summed E-state index contributed by atoms with van der Waals surface area (Å²) in [6.45, 7) is 5.68. The van der Waals surface area contributed by atoms with Gasteiger partial charge in [-0.05, 0) is 38.9 Å². The highest BCUT2D eigenvalue weighted by molar-refractivity contribution is 5.88. The van der Waals surface area contributed by atoms with Crippen LogP contribution in [0.2, 0.25) is 0 Å². The molecule has 1 saturated heterocycles. The second-order valence-electron chi connectivity index (χ2n) is 6.02. The van der Waals surface area contributed by atoms with Gasteiger partial charge in [-0.15, -0.1) is 0 Å². The summed E-state index contributed by atoms with van der Waals surface area (Å²) < 4.78 is 0. The van der Waals surface area contributed by atoms with Gasteiger partial charge in [0.1, 0.15) is 11.9 Å². The second-order valence-corrected chi connectivity index (χ2v) is 6.02. The standard InChI is InChI=1S/C17H27N7/c1-14-15(12-18)6-5-11-24(14)22-16(19)7-8-17(20-2)21-13-23-9-3-4-10-23/h5-6H,3-4,7-11,13H2,1-2H3,(H2,19,22)(H,20,21). The Morgan fingerprint density at radius 2 is 2.12 bits per heavy atom. The Bertz CT molecular complexity index is 589. The molecule has 3 N–H and O–H groups in total. The molecule has 2 aliphatic heterocycles. The van der Waals surface area contributed by atoms with E-state index in [-0.39, 0.29) is 0 Å². The van der Waals surface area contributed by atoms with E-state index in [4.69, 9.17) is 11.0 Å². The molecule has 130 valence electrons. The number of hydrogen-bond donors (Lipinski definition) is 2. The number of aliphatic imine (C=N–C) groups is 1. The van der Waals surface area contributed by atoms with Gasteiger partial charge >= 0.3 is 0 Å². The predicted octanol–water partition coefficient (Wildman–Crippen LogP) is 1.38. The topological polar surface area (TPSA) is 93.0 Å². The summed E-state index contributed by atoms with van der Waals surface area (Å²) in [5.41, 5.74) is 7.52. The van der Waals surface area contributed by atoms with E-state index in [9.17, 15) is 0 Å². The van der Waals surface area contributed by atoms with Crippen molar-refractivity contribution >= 4 is 11.7 Å². The Morgan fingerprint density at radius 1 is 1.38 bits per heavy atom. The van der Waals surface area contributed by atoms with Gasteiger partial charge in [-0.2, -0.15) is 10.4 Å². The smallest absolute Gasteiger partial charge is 0.120 e. The van der Waals surface area contributed by atoms with Crippen LogP contribution < -0.4 is 11.1 Å². The van der Waals surface area contributed by atoms with E-state index in [2.05, 4.69) is 26.4 Å². The summed E-state index contributed by atoms with van der Waals surface area (Å²) in [6, 6.07) is 2.17. The number of likely N-dealkylation sites (tertiary alicyclic amines) is 1. The van der Waals surface area contributed by atoms with Gasteiger partial charge in [-0.3, -0.25) is 14.9 Å². The number of allylic oxidation sites excluding steroid dienone is 3. The third kappa shape index (κ3) is 5.10. The van der Waals surface area contributed by atoms with Gasteiger partial charge in [0.15, 0.2) is 0 Å². The van der Waals surface area contributed by atoms with Crippen molar-refractivity contribution in [1.29, 1.82) is 5.26 Å². The fourth-order valence-electron chi connectivity index (χ4n) is 2.78. The quantitative estimate of drug-likeness (QED) is 0.567. The van der Waals surface area contributed by atoms with Crippen LogP contribution in [0.15, 0.2) is 33.5 Å². The van der Waals surface area contributed by atoms with Gasteiger partial charge in [0, 0.05) is 19.9 Å². The molecular weight excluding hydrogens is 302 g/mol. The minimum absolute atomic E-state index is 0.547. The van der Waals surface area contributed by atoms with Crippen molar-refractivity contribution < 1.29 is 0 Å². The third-order valence-corrected chi connectivity index (χ3v) is 4.30. The zero-order chi connectivity index (χ0) is 17.4. The Kier molecular flexibility index (Phi) is 6.82. The predicted molar refractivity (Wildman–Crippen MR) is 97.2 cm³/mol. The van der Waals surface area contributed by atoms with E-state index in [1.165, 1.54) is 12.8 Å². The van der Waals surface area contributed by atoms with E-state index in [1.54, 1.807) is 12.1 Å². The fraction of sp³-hybridized carbons (Fsp3) is 0.588. The molecule has 2 heterocycles. The molecule has 0 spiro atoms. The number of nitrogens with zero attached hydrogens (tertiary/aromatic N) is 5. The summed E-state index contributed by atoms with van der Waals surface area (Å²) in [5, 5.41) is 18.7. The first-order valence-electron chi connectivity index (χ1n) is 8.44. The second kappa shape index (κ2) is 9.08. The highest BCUT2D eigenvalue weighted by Gasteiger charge is 2.13. The van der Waals surface area contributed by atoms with E-state index in [0.717, 1.165) is 37.7 Å². The van der Waals surface area contributed by atoms with E-state index in [1.807, 2.05) is 19.1 Å². The maximum absolute atomic E-state index is 9.08. The van der Waals surface area contributed by atoms with Crippen LogP contribution in [0.4, 0.5) is 0 Å². The van der Waals surface area contributed by atoms with Crippen LogP contribution in [0.3, 0.4) is 0 Å². The minimum atomic E-state index is 0.547. The van der Waals surface area contributed by atoms with Crippen molar-refractivity contribution in [3.63, 3.8) is 0 Å². The highest BCUT2D eigenvalue weighted by Crippen LogP contribution is 2.16. The zero-order valence-corrected chi connectivity index (χ0v) is 14.6. The Labute approximate surface area is 144 Å². The summed E-state index contributed by atoms with van der Waals surface area (Å²) >= 11 is 0. The van der Waals surface area contributed by atoms with Crippen molar-refractivity contribution in [3.05, 3.63) is 23.4 Å². The molecule has 24 heavy (non-hydrogen) atoms. The molecule has 2 aliphatic rings. The summed E-state index contributed by atoms with van der Waals surface area (Å²) in [5.74, 6) is 1.50. The molecule has 0 aromatic carbocycles. The number of hydrogen-bond acceptors (Lipinski definition) is 5. The molecule has 0 atom stereocenters. The monoisotopic (exact) mass is 329 g/mol. The van der Waals surface area contributed by atoms with Gasteiger partial charge in [0.2, 0.25) is 0 Å². The van der Waals surface area contributed by atoms with Crippen LogP contribution >= 0.6 is 0 Å². The average Bonchev–Trinajstić information content (AvgIpc) is 3.10. The molecule has 0 aromatic rings. The number of amidine groups is 2. The van der Waals surface area contributed by atoms with Crippen LogP contribution in [0.1, 0.15) is 32.6 Å². The molecule has 0 bridgehead atoms. The fourth-order valence-corrected chi connectivity index (χ4v) is 2.78. The first-order chi connectivity index (χ1) is 11.6. The maximum Gasteiger partial charge on any atom is 0.120 e. The SMILES string of the molecule is CN=C(CC/C(N)=N/N1CC=CC(C#N)=C1C)NCN1CCCC1. The van der Waals surface area contributed by atoms with Gasteiger partial charge in [-0.1, -0.05) is 6.08 Å². The summed E-state index contributed by atoms with van der Waals surface area (Å²) in [6.07, 6.45) is 7.66. The molecule has 1 fully saturated rings. The number of rotatable bonds is 6. The number of hydrazone groups is 1. The van der Waals surface area contributed by atoms with Crippen LogP contribution in [0, 0.1) is 11.3 Å². The first-order valence-corrected chi connectivity index (χ1v) is 8.44. The molecule has 2 rings (SSSR count). The van der Waals surface area contributed by atoms with Gasteiger partial charge < -0.3 is 11.1 Å². The molecule has 0 saturated carbocycles. The molecule has 0 unspecified atom stereocenters. The molecule has 0 amide bonds. The normalized spacial score (nSPS) is 19.8. The summed E-state index contributed by atoms with van der Waals surface area (Å²) in [7, 11) is 1.79. The largest absolute Gasteiger partial charge is 0.386 e. The zero-order valence-electron chi connectivity index (χ0n) is 14.6. The average molecular weight is 329 g/mol. The first kappa shape index (κ1) is 18.0. The molecule has 0 radical (unpaired) electrons. The van der Waals surface area contributed by atoms with Crippen molar-refractivity contribution in [3.8, 4) is 6.07 Å². The number of nitrogens with one attached hydrogen (secondary N) is 1. The Morgan fingerprint density at radius 3 is 2.79 bits per heavy atom. The van der Waals surface area contributed by atoms with Gasteiger partial charge in [-0.25, -0.2) is 0 Å². The van der Waals surface area contributed by atoms with Crippen LogP contribution in [-0.4, -0.2) is 54.9 Å². The lowest BCUT2D eigenvalue weighted by Crippen LogP contribution is -2.36. The maximum atomic E-state index is 9.08. The minimum Gasteiger partial charge on any atom is -0.386 e. The van der Waals surface area contributed by atoms with E-state index in [0.29, 0.717) is 24.4 Å². The molecule has 0 aliphatic carbocycles. The molecular formula is C17H27N7. The number of nitriles is 1. The highest BCUT2D eigenvalue weighted by atomic mass is 15.5. The number of nitrogens with two attached hydrogens (primary N) is 1. The molecule has 0 aromatic heterocycles. The lowest BCUT2D eigenvalue weighted by molar-refractivity contribution is 0.332. The van der Waals surface area contributed by atoms with Crippen LogP contribution in [0.5, 0.6) is 0 Å². The van der Waals surface area contributed by atoms with Crippen molar-refractivity contribution in [1.82, 2.24) is 15.2 Å². The van der Waals surface area contributed by atoms with Crippen molar-refractivity contribution in [2.24, 2.45) is 15.8 Å². The molecule has 7 nitrogen and oxygen atoms in total. The van der Waals surface area contributed by atoms with E-state index < -0.39 is 0 Å². The lowest BCUT2D eigenvalue weighted by Gasteiger charge is -2.22. The van der Waals surface area contributed by atoms with Gasteiger partial charge in [0.05, 0.1) is 30.3 Å². The van der Waals surface area contributed by atoms with E-state index >= 15 is 0 Å². The van der Waals surface area contributed by atoms with Crippen LogP contribution in [-0.2, 0) is 0 Å².